The number of rotatable bonds is 6. The minimum Gasteiger partial charge on any atom is -0.462 e. The summed E-state index contributed by atoms with van der Waals surface area (Å²) in [4.78, 5) is 12.9. The first-order chi connectivity index (χ1) is 12.1. The van der Waals surface area contributed by atoms with E-state index in [2.05, 4.69) is 0 Å². The van der Waals surface area contributed by atoms with Crippen LogP contribution in [0.1, 0.15) is 19.4 Å². The topological polar surface area (TPSA) is 44.1 Å². The van der Waals surface area contributed by atoms with Gasteiger partial charge in [-0.15, -0.1) is 11.3 Å². The van der Waals surface area contributed by atoms with Crippen LogP contribution < -0.4 is 0 Å². The number of hydrogen-bond donors (Lipinski definition) is 0. The summed E-state index contributed by atoms with van der Waals surface area (Å²) < 4.78 is 7.02. The van der Waals surface area contributed by atoms with Crippen LogP contribution >= 0.6 is 11.3 Å². The quantitative estimate of drug-likeness (QED) is 0.472. The molecule has 0 spiro atoms. The van der Waals surface area contributed by atoms with E-state index in [9.17, 15) is 4.79 Å². The molecular formula is C20H20N2O2S. The minimum atomic E-state index is -0.335. The van der Waals surface area contributed by atoms with Crippen LogP contribution in [-0.2, 0) is 9.53 Å². The summed E-state index contributed by atoms with van der Waals surface area (Å²) in [6, 6.07) is 13.9. The summed E-state index contributed by atoms with van der Waals surface area (Å²) >= 11 is 1.62. The highest BCUT2D eigenvalue weighted by Gasteiger charge is 2.12. The number of nitrogens with zero attached hydrogens (tertiary/aromatic N) is 2. The smallest absolute Gasteiger partial charge is 0.330 e. The van der Waals surface area contributed by atoms with E-state index in [1.54, 1.807) is 17.4 Å². The normalized spacial score (nSPS) is 11.3. The molecule has 0 amide bonds. The van der Waals surface area contributed by atoms with E-state index >= 15 is 0 Å². The Hall–Kier alpha value is -2.66. The van der Waals surface area contributed by atoms with E-state index in [0.29, 0.717) is 12.5 Å². The Morgan fingerprint density at radius 3 is 2.72 bits per heavy atom. The van der Waals surface area contributed by atoms with Crippen molar-refractivity contribution in [2.45, 2.75) is 13.8 Å². The molecule has 3 rings (SSSR count). The Bertz CT molecular complexity index is 849. The minimum absolute atomic E-state index is 0.319. The Morgan fingerprint density at radius 2 is 2.04 bits per heavy atom. The van der Waals surface area contributed by atoms with E-state index in [1.807, 2.05) is 72.6 Å². The molecule has 0 fully saturated rings. The summed E-state index contributed by atoms with van der Waals surface area (Å²) in [5, 5.41) is 6.71. The fraction of sp³-hybridized carbons (Fsp3) is 0.200. The molecule has 2 heterocycles. The van der Waals surface area contributed by atoms with Gasteiger partial charge in [0.2, 0.25) is 0 Å². The van der Waals surface area contributed by atoms with Gasteiger partial charge in [-0.2, -0.15) is 5.10 Å². The molecule has 5 heteroatoms. The van der Waals surface area contributed by atoms with Gasteiger partial charge in [0.25, 0.3) is 0 Å². The Morgan fingerprint density at radius 1 is 1.24 bits per heavy atom. The number of carbonyl (C=O) groups is 1. The van der Waals surface area contributed by atoms with Crippen LogP contribution in [0, 0.1) is 5.92 Å². The van der Waals surface area contributed by atoms with Crippen molar-refractivity contribution in [2.75, 3.05) is 6.61 Å². The maximum absolute atomic E-state index is 11.9. The molecule has 0 N–H and O–H groups in total. The third-order valence-electron chi connectivity index (χ3n) is 3.48. The Kier molecular flexibility index (Phi) is 5.46. The predicted molar refractivity (Wildman–Crippen MR) is 102 cm³/mol. The number of carbonyl (C=O) groups excluding carboxylic acids is 1. The molecule has 3 aromatic rings. The van der Waals surface area contributed by atoms with Crippen LogP contribution in [0.4, 0.5) is 0 Å². The first-order valence-corrected chi connectivity index (χ1v) is 9.05. The van der Waals surface area contributed by atoms with Gasteiger partial charge in [-0.1, -0.05) is 38.1 Å². The van der Waals surface area contributed by atoms with Crippen molar-refractivity contribution in [1.29, 1.82) is 0 Å². The largest absolute Gasteiger partial charge is 0.462 e. The molecule has 0 saturated heterocycles. The van der Waals surface area contributed by atoms with Crippen LogP contribution in [0.25, 0.3) is 22.3 Å². The highest BCUT2D eigenvalue weighted by Crippen LogP contribution is 2.28. The van der Waals surface area contributed by atoms with Crippen LogP contribution in [0.2, 0.25) is 0 Å². The van der Waals surface area contributed by atoms with Crippen LogP contribution in [0.15, 0.2) is 60.1 Å². The molecule has 0 saturated carbocycles. The molecule has 0 atom stereocenters. The van der Waals surface area contributed by atoms with Gasteiger partial charge >= 0.3 is 5.97 Å². The number of thiophene rings is 1. The van der Waals surface area contributed by atoms with Gasteiger partial charge in [-0.3, -0.25) is 0 Å². The van der Waals surface area contributed by atoms with E-state index in [1.165, 1.54) is 6.08 Å². The summed E-state index contributed by atoms with van der Waals surface area (Å²) in [5.41, 5.74) is 2.71. The summed E-state index contributed by atoms with van der Waals surface area (Å²) in [5.74, 6) is -0.0156. The van der Waals surface area contributed by atoms with Gasteiger partial charge in [0.15, 0.2) is 0 Å². The lowest BCUT2D eigenvalue weighted by molar-refractivity contribution is -0.138. The number of hydrogen-bond acceptors (Lipinski definition) is 4. The molecule has 4 nitrogen and oxygen atoms in total. The maximum Gasteiger partial charge on any atom is 0.330 e. The lowest BCUT2D eigenvalue weighted by Crippen LogP contribution is -2.06. The van der Waals surface area contributed by atoms with Gasteiger partial charge in [0, 0.05) is 17.8 Å². The number of benzene rings is 1. The molecule has 0 radical (unpaired) electrons. The van der Waals surface area contributed by atoms with Gasteiger partial charge in [-0.05, 0) is 35.6 Å². The number of aromatic nitrogens is 2. The highest BCUT2D eigenvalue weighted by molar-refractivity contribution is 7.13. The fourth-order valence-electron chi connectivity index (χ4n) is 2.28. The molecule has 0 bridgehead atoms. The summed E-state index contributed by atoms with van der Waals surface area (Å²) in [6.07, 6.45) is 5.16. The first kappa shape index (κ1) is 17.2. The monoisotopic (exact) mass is 352 g/mol. The Balaban J connectivity index is 1.89. The molecular weight excluding hydrogens is 332 g/mol. The molecule has 0 aliphatic heterocycles. The van der Waals surface area contributed by atoms with Gasteiger partial charge in [0.1, 0.15) is 5.69 Å². The van der Waals surface area contributed by atoms with E-state index in [0.717, 1.165) is 21.8 Å². The maximum atomic E-state index is 11.9. The van der Waals surface area contributed by atoms with Gasteiger partial charge < -0.3 is 4.74 Å². The van der Waals surface area contributed by atoms with Crippen molar-refractivity contribution >= 4 is 23.4 Å². The summed E-state index contributed by atoms with van der Waals surface area (Å²) in [7, 11) is 0. The zero-order valence-corrected chi connectivity index (χ0v) is 15.1. The second kappa shape index (κ2) is 7.94. The van der Waals surface area contributed by atoms with Crippen LogP contribution in [-0.4, -0.2) is 22.4 Å². The average Bonchev–Trinajstić information content (AvgIpc) is 3.28. The summed E-state index contributed by atoms with van der Waals surface area (Å²) in [6.45, 7) is 4.44. The van der Waals surface area contributed by atoms with Crippen molar-refractivity contribution < 1.29 is 9.53 Å². The van der Waals surface area contributed by atoms with E-state index in [-0.39, 0.29) is 5.97 Å². The number of ether oxygens (including phenoxy) is 1. The third kappa shape index (κ3) is 4.45. The zero-order valence-electron chi connectivity index (χ0n) is 14.3. The van der Waals surface area contributed by atoms with Crippen LogP contribution in [0.3, 0.4) is 0 Å². The van der Waals surface area contributed by atoms with Crippen LogP contribution in [0.5, 0.6) is 0 Å². The number of para-hydroxylation sites is 1. The second-order valence-electron chi connectivity index (χ2n) is 6.05. The van der Waals surface area contributed by atoms with Crippen molar-refractivity contribution in [3.8, 4) is 16.3 Å². The van der Waals surface area contributed by atoms with Crippen molar-refractivity contribution in [3.05, 3.63) is 65.7 Å². The Labute approximate surface area is 151 Å². The number of esters is 1. The molecule has 128 valence electrons. The van der Waals surface area contributed by atoms with Crippen molar-refractivity contribution in [3.63, 3.8) is 0 Å². The lowest BCUT2D eigenvalue weighted by atomic mass is 10.2. The SMILES string of the molecule is CC(C)COC(=O)/C=C/c1cn(-c2ccccc2)nc1-c1cccs1. The molecule has 0 unspecified atom stereocenters. The first-order valence-electron chi connectivity index (χ1n) is 8.17. The molecule has 0 aliphatic rings. The average molecular weight is 352 g/mol. The second-order valence-corrected chi connectivity index (χ2v) is 7.00. The molecule has 25 heavy (non-hydrogen) atoms. The fourth-order valence-corrected chi connectivity index (χ4v) is 3.01. The molecule has 2 aromatic heterocycles. The van der Waals surface area contributed by atoms with Gasteiger partial charge in [-0.25, -0.2) is 9.48 Å². The highest BCUT2D eigenvalue weighted by atomic mass is 32.1. The van der Waals surface area contributed by atoms with E-state index in [4.69, 9.17) is 9.84 Å². The van der Waals surface area contributed by atoms with Gasteiger partial charge in [0.05, 0.1) is 17.2 Å². The van der Waals surface area contributed by atoms with Crippen molar-refractivity contribution in [2.24, 2.45) is 5.92 Å². The van der Waals surface area contributed by atoms with Crippen molar-refractivity contribution in [1.82, 2.24) is 9.78 Å². The predicted octanol–water partition coefficient (Wildman–Crippen LogP) is 4.81. The third-order valence-corrected chi connectivity index (χ3v) is 4.35. The molecule has 1 aromatic carbocycles. The molecule has 0 aliphatic carbocycles. The standard InChI is InChI=1S/C20H20N2O2S/c1-15(2)14-24-19(23)11-10-16-13-22(17-7-4-3-5-8-17)21-20(16)18-9-6-12-25-18/h3-13,15H,14H2,1-2H3/b11-10+. The zero-order chi connectivity index (χ0) is 17.6. The lowest BCUT2D eigenvalue weighted by Gasteiger charge is -2.03. The van der Waals surface area contributed by atoms with E-state index < -0.39 is 0 Å².